The highest BCUT2D eigenvalue weighted by atomic mass is 14.6. The minimum absolute atomic E-state index is 0.844. The number of pyridine rings is 1. The number of aromatic nitrogens is 1. The zero-order chi connectivity index (χ0) is 13.2. The van der Waals surface area contributed by atoms with Gasteiger partial charge in [0.15, 0.2) is 0 Å². The summed E-state index contributed by atoms with van der Waals surface area (Å²) in [6, 6.07) is 16.5. The molecule has 0 bridgehead atoms. The van der Waals surface area contributed by atoms with Gasteiger partial charge in [-0.3, -0.25) is 4.98 Å². The highest BCUT2D eigenvalue weighted by molar-refractivity contribution is 5.82. The molecule has 0 saturated carbocycles. The number of anilines is 1. The van der Waals surface area contributed by atoms with E-state index in [4.69, 9.17) is 5.73 Å². The molecular weight excluding hydrogens is 232 g/mol. The van der Waals surface area contributed by atoms with Crippen LogP contribution in [0.4, 0.5) is 5.69 Å². The van der Waals surface area contributed by atoms with Crippen LogP contribution in [-0.4, -0.2) is 4.98 Å². The number of aryl methyl sites for hydroxylation is 1. The number of para-hydroxylation sites is 1. The van der Waals surface area contributed by atoms with Crippen LogP contribution in [-0.2, 0) is 6.42 Å². The number of nitrogens with two attached hydrogens (primary N) is 1. The monoisotopic (exact) mass is 248 g/mol. The summed E-state index contributed by atoms with van der Waals surface area (Å²) < 4.78 is 0. The third-order valence-electron chi connectivity index (χ3n) is 3.42. The highest BCUT2D eigenvalue weighted by Gasteiger charge is 2.05. The number of fused-ring (bicyclic) bond motifs is 1. The molecule has 0 fully saturated rings. The van der Waals surface area contributed by atoms with Gasteiger partial charge in [-0.15, -0.1) is 0 Å². The molecule has 1 heterocycles. The maximum atomic E-state index is 6.07. The van der Waals surface area contributed by atoms with Gasteiger partial charge in [0.2, 0.25) is 0 Å². The summed E-state index contributed by atoms with van der Waals surface area (Å²) in [7, 11) is 0. The van der Waals surface area contributed by atoms with Gasteiger partial charge in [-0.2, -0.15) is 0 Å². The summed E-state index contributed by atoms with van der Waals surface area (Å²) >= 11 is 0. The van der Waals surface area contributed by atoms with Crippen molar-refractivity contribution in [1.29, 1.82) is 0 Å². The van der Waals surface area contributed by atoms with Crippen LogP contribution in [0.1, 0.15) is 16.7 Å². The molecule has 0 aliphatic heterocycles. The van der Waals surface area contributed by atoms with Crippen molar-refractivity contribution in [3.63, 3.8) is 0 Å². The maximum Gasteiger partial charge on any atom is 0.0704 e. The average molecular weight is 248 g/mol. The molecule has 0 aliphatic rings. The summed E-state index contributed by atoms with van der Waals surface area (Å²) in [5.74, 6) is 0. The van der Waals surface area contributed by atoms with E-state index in [-0.39, 0.29) is 0 Å². The first-order chi connectivity index (χ1) is 9.24. The lowest BCUT2D eigenvalue weighted by molar-refractivity contribution is 1.19. The molecule has 0 unspecified atom stereocenters. The van der Waals surface area contributed by atoms with Gasteiger partial charge in [0, 0.05) is 23.7 Å². The van der Waals surface area contributed by atoms with E-state index in [1.54, 1.807) is 0 Å². The van der Waals surface area contributed by atoms with Crippen molar-refractivity contribution in [3.05, 3.63) is 71.4 Å². The smallest absolute Gasteiger partial charge is 0.0704 e. The Balaban J connectivity index is 2.08. The SMILES string of the molecule is Cc1ccc(N)c(Cc2ccnc3ccccc23)c1. The van der Waals surface area contributed by atoms with E-state index in [1.165, 1.54) is 22.1 Å². The normalized spacial score (nSPS) is 10.8. The van der Waals surface area contributed by atoms with Gasteiger partial charge in [-0.1, -0.05) is 35.9 Å². The van der Waals surface area contributed by atoms with E-state index in [0.29, 0.717) is 0 Å². The Hall–Kier alpha value is -2.35. The Labute approximate surface area is 112 Å². The predicted octanol–water partition coefficient (Wildman–Crippen LogP) is 3.72. The van der Waals surface area contributed by atoms with Crippen molar-refractivity contribution in [2.24, 2.45) is 0 Å². The highest BCUT2D eigenvalue weighted by Crippen LogP contribution is 2.23. The average Bonchev–Trinajstić information content (AvgIpc) is 2.43. The van der Waals surface area contributed by atoms with Crippen molar-refractivity contribution < 1.29 is 0 Å². The van der Waals surface area contributed by atoms with Crippen molar-refractivity contribution in [3.8, 4) is 0 Å². The molecule has 94 valence electrons. The molecule has 3 rings (SSSR count). The topological polar surface area (TPSA) is 38.9 Å². The lowest BCUT2D eigenvalue weighted by Gasteiger charge is -2.09. The van der Waals surface area contributed by atoms with Gasteiger partial charge in [0.05, 0.1) is 5.52 Å². The molecule has 2 aromatic carbocycles. The molecule has 0 aliphatic carbocycles. The fourth-order valence-electron chi connectivity index (χ4n) is 2.40. The van der Waals surface area contributed by atoms with Crippen LogP contribution in [0, 0.1) is 6.92 Å². The number of benzene rings is 2. The first-order valence-electron chi connectivity index (χ1n) is 6.41. The molecule has 0 amide bonds. The fraction of sp³-hybridized carbons (Fsp3) is 0.118. The van der Waals surface area contributed by atoms with Gasteiger partial charge >= 0.3 is 0 Å². The second kappa shape index (κ2) is 4.73. The fourth-order valence-corrected chi connectivity index (χ4v) is 2.40. The van der Waals surface area contributed by atoms with Gasteiger partial charge in [0.25, 0.3) is 0 Å². The van der Waals surface area contributed by atoms with Crippen molar-refractivity contribution in [2.45, 2.75) is 13.3 Å². The Morgan fingerprint density at radius 2 is 1.84 bits per heavy atom. The molecule has 0 atom stereocenters. The molecule has 2 N–H and O–H groups in total. The van der Waals surface area contributed by atoms with E-state index in [0.717, 1.165) is 17.6 Å². The van der Waals surface area contributed by atoms with E-state index in [2.05, 4.69) is 30.1 Å². The summed E-state index contributed by atoms with van der Waals surface area (Å²) in [6.45, 7) is 2.09. The number of nitrogens with zero attached hydrogens (tertiary/aromatic N) is 1. The Morgan fingerprint density at radius 3 is 2.74 bits per heavy atom. The van der Waals surface area contributed by atoms with Gasteiger partial charge in [-0.25, -0.2) is 0 Å². The molecule has 2 heteroatoms. The molecular formula is C17H16N2. The molecule has 0 spiro atoms. The minimum Gasteiger partial charge on any atom is -0.398 e. The lowest BCUT2D eigenvalue weighted by atomic mass is 9.99. The molecule has 0 radical (unpaired) electrons. The number of hydrogen-bond donors (Lipinski definition) is 1. The second-order valence-electron chi connectivity index (χ2n) is 4.87. The number of rotatable bonds is 2. The van der Waals surface area contributed by atoms with Gasteiger partial charge in [-0.05, 0) is 36.2 Å². The van der Waals surface area contributed by atoms with Crippen LogP contribution >= 0.6 is 0 Å². The molecule has 0 saturated heterocycles. The van der Waals surface area contributed by atoms with Gasteiger partial charge in [0.1, 0.15) is 0 Å². The Bertz CT molecular complexity index is 727. The predicted molar refractivity (Wildman–Crippen MR) is 80.1 cm³/mol. The van der Waals surface area contributed by atoms with Gasteiger partial charge < -0.3 is 5.73 Å². The molecule has 2 nitrogen and oxygen atoms in total. The summed E-state index contributed by atoms with van der Waals surface area (Å²) in [5.41, 5.74) is 11.6. The van der Waals surface area contributed by atoms with Crippen molar-refractivity contribution >= 4 is 16.6 Å². The van der Waals surface area contributed by atoms with Crippen LogP contribution in [0.15, 0.2) is 54.7 Å². The first kappa shape index (κ1) is 11.7. The van der Waals surface area contributed by atoms with Crippen molar-refractivity contribution in [2.75, 3.05) is 5.73 Å². The van der Waals surface area contributed by atoms with E-state index in [9.17, 15) is 0 Å². The van der Waals surface area contributed by atoms with Crippen LogP contribution in [0.2, 0.25) is 0 Å². The van der Waals surface area contributed by atoms with Crippen LogP contribution in [0.3, 0.4) is 0 Å². The van der Waals surface area contributed by atoms with Crippen LogP contribution < -0.4 is 5.73 Å². The maximum absolute atomic E-state index is 6.07. The lowest BCUT2D eigenvalue weighted by Crippen LogP contribution is -1.97. The quantitative estimate of drug-likeness (QED) is 0.702. The number of nitrogen functional groups attached to an aromatic ring is 1. The summed E-state index contributed by atoms with van der Waals surface area (Å²) in [5, 5.41) is 1.20. The molecule has 1 aromatic heterocycles. The van der Waals surface area contributed by atoms with E-state index in [1.807, 2.05) is 36.5 Å². The summed E-state index contributed by atoms with van der Waals surface area (Å²) in [4.78, 5) is 4.39. The van der Waals surface area contributed by atoms with Crippen LogP contribution in [0.25, 0.3) is 10.9 Å². The second-order valence-corrected chi connectivity index (χ2v) is 4.87. The number of hydrogen-bond acceptors (Lipinski definition) is 2. The van der Waals surface area contributed by atoms with Crippen LogP contribution in [0.5, 0.6) is 0 Å². The Kier molecular flexibility index (Phi) is 2.92. The minimum atomic E-state index is 0.844. The standard InChI is InChI=1S/C17H16N2/c1-12-6-7-16(18)14(10-12)11-13-8-9-19-17-5-3-2-4-15(13)17/h2-10H,11,18H2,1H3. The zero-order valence-electron chi connectivity index (χ0n) is 10.9. The zero-order valence-corrected chi connectivity index (χ0v) is 10.9. The Morgan fingerprint density at radius 1 is 1.00 bits per heavy atom. The molecule has 19 heavy (non-hydrogen) atoms. The van der Waals surface area contributed by atoms with E-state index < -0.39 is 0 Å². The van der Waals surface area contributed by atoms with E-state index >= 15 is 0 Å². The third kappa shape index (κ3) is 2.29. The molecule has 3 aromatic rings. The van der Waals surface area contributed by atoms with Crippen molar-refractivity contribution in [1.82, 2.24) is 4.98 Å². The third-order valence-corrected chi connectivity index (χ3v) is 3.42. The summed E-state index contributed by atoms with van der Waals surface area (Å²) in [6.07, 6.45) is 2.71. The first-order valence-corrected chi connectivity index (χ1v) is 6.41. The largest absolute Gasteiger partial charge is 0.398 e.